The maximum absolute atomic E-state index is 13.0. The monoisotopic (exact) mass is 262 g/mol. The van der Waals surface area contributed by atoms with Crippen molar-refractivity contribution in [2.24, 2.45) is 0 Å². The molecule has 8 heteroatoms. The van der Waals surface area contributed by atoms with Crippen molar-refractivity contribution < 1.29 is 22.9 Å². The molecule has 0 fully saturated rings. The Bertz CT molecular complexity index is 479. The highest BCUT2D eigenvalue weighted by atomic mass is 19.3. The molecule has 1 rings (SSSR count). The summed E-state index contributed by atoms with van der Waals surface area (Å²) in [5.41, 5.74) is -1.09. The quantitative estimate of drug-likeness (QED) is 0.616. The molecule has 0 aliphatic carbocycles. The van der Waals surface area contributed by atoms with Gasteiger partial charge in [-0.25, -0.2) is 8.78 Å². The van der Waals surface area contributed by atoms with Crippen LogP contribution in [-0.4, -0.2) is 35.7 Å². The number of alkyl halides is 2. The van der Waals surface area contributed by atoms with E-state index in [1.54, 1.807) is 0 Å². The topological polar surface area (TPSA) is 63.5 Å². The lowest BCUT2D eigenvalue weighted by Gasteiger charge is -2.16. The van der Waals surface area contributed by atoms with E-state index in [0.717, 1.165) is 25.2 Å². The number of carbonyl (C=O) groups is 1. The Kier molecular flexibility index (Phi) is 4.24. The van der Waals surface area contributed by atoms with Gasteiger partial charge in [-0.15, -0.1) is 0 Å². The van der Waals surface area contributed by atoms with Crippen LogP contribution in [0.25, 0.3) is 0 Å². The molecule has 1 aromatic rings. The first-order valence-electron chi connectivity index (χ1n) is 4.80. The lowest BCUT2D eigenvalue weighted by Crippen LogP contribution is -2.31. The summed E-state index contributed by atoms with van der Waals surface area (Å²) >= 11 is 0. The number of nitrogens with zero attached hydrogens (tertiary/aromatic N) is 2. The standard InChI is InChI=1S/C10H9F3N2O3/c1-14(5-9(12)13)10(16)6-2-3-7(11)8(4-6)15(17)18/h2-4,9H,5H2,1H3. The maximum atomic E-state index is 13.0. The smallest absolute Gasteiger partial charge is 0.305 e. The van der Waals surface area contributed by atoms with Crippen molar-refractivity contribution in [1.82, 2.24) is 4.90 Å². The average Bonchev–Trinajstić information content (AvgIpc) is 2.27. The predicted octanol–water partition coefficient (Wildman–Crippen LogP) is 2.07. The normalized spacial score (nSPS) is 10.5. The van der Waals surface area contributed by atoms with Gasteiger partial charge in [-0.3, -0.25) is 14.9 Å². The van der Waals surface area contributed by atoms with Gasteiger partial charge in [0, 0.05) is 18.7 Å². The van der Waals surface area contributed by atoms with E-state index in [1.807, 2.05) is 0 Å². The SMILES string of the molecule is CN(CC(F)F)C(=O)c1ccc(F)c([N+](=O)[O-])c1. The van der Waals surface area contributed by atoms with Gasteiger partial charge in [0.05, 0.1) is 11.5 Å². The van der Waals surface area contributed by atoms with Crippen molar-refractivity contribution >= 4 is 11.6 Å². The second-order valence-electron chi connectivity index (χ2n) is 3.50. The van der Waals surface area contributed by atoms with Crippen LogP contribution in [-0.2, 0) is 0 Å². The molecule has 1 amide bonds. The van der Waals surface area contributed by atoms with E-state index in [1.165, 1.54) is 0 Å². The zero-order valence-electron chi connectivity index (χ0n) is 9.27. The first kappa shape index (κ1) is 13.9. The van der Waals surface area contributed by atoms with E-state index < -0.39 is 35.3 Å². The second kappa shape index (κ2) is 5.48. The van der Waals surface area contributed by atoms with E-state index in [0.29, 0.717) is 4.90 Å². The van der Waals surface area contributed by atoms with Gasteiger partial charge in [0.2, 0.25) is 5.82 Å². The fraction of sp³-hybridized carbons (Fsp3) is 0.300. The number of halogens is 3. The summed E-state index contributed by atoms with van der Waals surface area (Å²) in [6.07, 6.45) is -2.71. The van der Waals surface area contributed by atoms with E-state index in [2.05, 4.69) is 0 Å². The molecule has 0 radical (unpaired) electrons. The number of nitro groups is 1. The van der Waals surface area contributed by atoms with Gasteiger partial charge in [-0.05, 0) is 12.1 Å². The molecule has 0 aromatic heterocycles. The predicted molar refractivity (Wildman–Crippen MR) is 56.0 cm³/mol. The third-order valence-electron chi connectivity index (χ3n) is 2.15. The Labute approximate surface area is 100.0 Å². The lowest BCUT2D eigenvalue weighted by atomic mass is 10.1. The van der Waals surface area contributed by atoms with Crippen molar-refractivity contribution in [2.45, 2.75) is 6.43 Å². The highest BCUT2D eigenvalue weighted by molar-refractivity contribution is 5.94. The van der Waals surface area contributed by atoms with Crippen LogP contribution in [0.5, 0.6) is 0 Å². The highest BCUT2D eigenvalue weighted by Crippen LogP contribution is 2.19. The number of hydrogen-bond donors (Lipinski definition) is 0. The van der Waals surface area contributed by atoms with E-state index in [4.69, 9.17) is 0 Å². The summed E-state index contributed by atoms with van der Waals surface area (Å²) in [5, 5.41) is 10.5. The Morgan fingerprint density at radius 3 is 2.61 bits per heavy atom. The molecule has 0 N–H and O–H groups in total. The molecular weight excluding hydrogens is 253 g/mol. The fourth-order valence-corrected chi connectivity index (χ4v) is 1.30. The van der Waals surface area contributed by atoms with Crippen molar-refractivity contribution in [1.29, 1.82) is 0 Å². The van der Waals surface area contributed by atoms with Gasteiger partial charge >= 0.3 is 5.69 Å². The largest absolute Gasteiger partial charge is 0.336 e. The van der Waals surface area contributed by atoms with Crippen LogP contribution in [0.3, 0.4) is 0 Å². The number of hydrogen-bond acceptors (Lipinski definition) is 3. The highest BCUT2D eigenvalue weighted by Gasteiger charge is 2.20. The minimum atomic E-state index is -2.71. The molecule has 1 aromatic carbocycles. The lowest BCUT2D eigenvalue weighted by molar-refractivity contribution is -0.387. The molecule has 0 unspecified atom stereocenters. The van der Waals surface area contributed by atoms with E-state index >= 15 is 0 Å². The Hall–Kier alpha value is -2.12. The molecule has 0 bridgehead atoms. The first-order valence-corrected chi connectivity index (χ1v) is 4.80. The third-order valence-corrected chi connectivity index (χ3v) is 2.15. The molecule has 0 spiro atoms. The molecule has 0 aliphatic rings. The molecule has 0 saturated heterocycles. The Morgan fingerprint density at radius 1 is 1.50 bits per heavy atom. The zero-order valence-corrected chi connectivity index (χ0v) is 9.27. The summed E-state index contributed by atoms with van der Waals surface area (Å²) < 4.78 is 37.2. The minimum absolute atomic E-state index is 0.216. The van der Waals surface area contributed by atoms with Crippen LogP contribution < -0.4 is 0 Å². The molecule has 5 nitrogen and oxygen atoms in total. The maximum Gasteiger partial charge on any atom is 0.305 e. The second-order valence-corrected chi connectivity index (χ2v) is 3.50. The number of amides is 1. The van der Waals surface area contributed by atoms with Crippen LogP contribution >= 0.6 is 0 Å². The van der Waals surface area contributed by atoms with Crippen LogP contribution in [0.15, 0.2) is 18.2 Å². The zero-order chi connectivity index (χ0) is 13.9. The molecule has 98 valence electrons. The Morgan fingerprint density at radius 2 is 2.11 bits per heavy atom. The molecule has 18 heavy (non-hydrogen) atoms. The van der Waals surface area contributed by atoms with Gasteiger partial charge in [-0.1, -0.05) is 0 Å². The van der Waals surface area contributed by atoms with Crippen LogP contribution in [0, 0.1) is 15.9 Å². The van der Waals surface area contributed by atoms with Crippen molar-refractivity contribution in [2.75, 3.05) is 13.6 Å². The minimum Gasteiger partial charge on any atom is -0.336 e. The van der Waals surface area contributed by atoms with Gasteiger partial charge in [0.15, 0.2) is 0 Å². The summed E-state index contributed by atoms with van der Waals surface area (Å²) in [7, 11) is 1.13. The Balaban J connectivity index is 3.00. The van der Waals surface area contributed by atoms with Gasteiger partial charge in [0.25, 0.3) is 12.3 Å². The molecule has 0 aliphatic heterocycles. The van der Waals surface area contributed by atoms with Gasteiger partial charge < -0.3 is 4.90 Å². The molecular formula is C10H9F3N2O3. The fourth-order valence-electron chi connectivity index (χ4n) is 1.30. The van der Waals surface area contributed by atoms with E-state index in [-0.39, 0.29) is 5.56 Å². The average molecular weight is 262 g/mol. The number of rotatable bonds is 4. The third kappa shape index (κ3) is 3.19. The summed E-state index contributed by atoms with van der Waals surface area (Å²) in [6.45, 7) is -0.802. The first-order chi connectivity index (χ1) is 8.32. The summed E-state index contributed by atoms with van der Waals surface area (Å²) in [6, 6.07) is 2.48. The number of carbonyl (C=O) groups excluding carboxylic acids is 1. The van der Waals surface area contributed by atoms with E-state index in [9.17, 15) is 28.1 Å². The summed E-state index contributed by atoms with van der Waals surface area (Å²) in [4.78, 5) is 21.8. The summed E-state index contributed by atoms with van der Waals surface area (Å²) in [5.74, 6) is -1.92. The number of nitro benzene ring substituents is 1. The number of benzene rings is 1. The van der Waals surface area contributed by atoms with Crippen molar-refractivity contribution in [3.63, 3.8) is 0 Å². The van der Waals surface area contributed by atoms with Crippen LogP contribution in [0.4, 0.5) is 18.9 Å². The molecule has 0 atom stereocenters. The van der Waals surface area contributed by atoms with Gasteiger partial charge in [0.1, 0.15) is 0 Å². The van der Waals surface area contributed by atoms with Crippen molar-refractivity contribution in [3.05, 3.63) is 39.7 Å². The molecule has 0 heterocycles. The van der Waals surface area contributed by atoms with Crippen molar-refractivity contribution in [3.8, 4) is 0 Å². The van der Waals surface area contributed by atoms with Crippen LogP contribution in [0.1, 0.15) is 10.4 Å². The molecule has 0 saturated carbocycles. The van der Waals surface area contributed by atoms with Gasteiger partial charge in [-0.2, -0.15) is 4.39 Å². The van der Waals surface area contributed by atoms with Crippen LogP contribution in [0.2, 0.25) is 0 Å².